The molecular weight excluding hydrogens is 677 g/mol. The van der Waals surface area contributed by atoms with Gasteiger partial charge in [0.05, 0.1) is 11.8 Å². The summed E-state index contributed by atoms with van der Waals surface area (Å²) >= 11 is 1.37. The highest BCUT2D eigenvalue weighted by molar-refractivity contribution is 7.10. The zero-order valence-electron chi connectivity index (χ0n) is 29.5. The number of aryl methyl sites for hydroxylation is 1. The number of benzene rings is 3. The molecule has 3 aromatic carbocycles. The maximum atomic E-state index is 13.5. The summed E-state index contributed by atoms with van der Waals surface area (Å²) in [4.78, 5) is 27.3. The van der Waals surface area contributed by atoms with Gasteiger partial charge in [-0.3, -0.25) is 4.79 Å². The minimum Gasteiger partial charge on any atom is -0.506 e. The molecule has 274 valence electrons. The van der Waals surface area contributed by atoms with Gasteiger partial charge in [0, 0.05) is 48.7 Å². The second-order valence-corrected chi connectivity index (χ2v) is 14.7. The molecule has 6 rings (SSSR count). The number of esters is 1. The highest BCUT2D eigenvalue weighted by atomic mass is 32.1. The summed E-state index contributed by atoms with van der Waals surface area (Å²) in [5.74, 6) is -0.616. The second kappa shape index (κ2) is 17.3. The van der Waals surface area contributed by atoms with Crippen LogP contribution in [0.1, 0.15) is 59.8 Å². The lowest BCUT2D eigenvalue weighted by Crippen LogP contribution is -2.43. The highest BCUT2D eigenvalue weighted by Crippen LogP contribution is 2.34. The number of aliphatic hydroxyl groups excluding tert-OH is 1. The Morgan fingerprint density at radius 2 is 1.85 bits per heavy atom. The lowest BCUT2D eigenvalue weighted by Gasteiger charge is -2.35. The number of carbonyl (C=O) groups is 2. The third-order valence-corrected chi connectivity index (χ3v) is 11.2. The van der Waals surface area contributed by atoms with E-state index < -0.39 is 17.7 Å². The first-order valence-corrected chi connectivity index (χ1v) is 18.8. The second-order valence-electron chi connectivity index (χ2n) is 13.8. The number of carbonyl (C=O) groups excluding carboxylic acids is 2. The molecule has 2 atom stereocenters. The molecule has 11 heteroatoms. The van der Waals surface area contributed by atoms with Gasteiger partial charge in [0.1, 0.15) is 11.9 Å². The normalized spacial score (nSPS) is 17.8. The van der Waals surface area contributed by atoms with Crippen molar-refractivity contribution in [2.24, 2.45) is 0 Å². The van der Waals surface area contributed by atoms with E-state index in [4.69, 9.17) is 4.74 Å². The van der Waals surface area contributed by atoms with Gasteiger partial charge in [-0.15, -0.1) is 11.3 Å². The van der Waals surface area contributed by atoms with E-state index in [-0.39, 0.29) is 24.0 Å². The average Bonchev–Trinajstić information content (AvgIpc) is 3.84. The van der Waals surface area contributed by atoms with E-state index in [1.807, 2.05) is 41.8 Å². The zero-order chi connectivity index (χ0) is 36.5. The Balaban J connectivity index is 0.934. The van der Waals surface area contributed by atoms with Gasteiger partial charge < -0.3 is 40.2 Å². The number of hydrogen-bond acceptors (Lipinski definition) is 9. The first kappa shape index (κ1) is 37.2. The molecule has 2 heterocycles. The lowest BCUT2D eigenvalue weighted by atomic mass is 9.90. The maximum Gasteiger partial charge on any atom is 0.344 e. The number of hydrogen-bond donors (Lipinski definition) is 5. The van der Waals surface area contributed by atoms with Crippen molar-refractivity contribution in [1.29, 1.82) is 0 Å². The minimum absolute atomic E-state index is 0.0525. The molecule has 1 aliphatic rings. The smallest absolute Gasteiger partial charge is 0.344 e. The molecule has 0 aliphatic heterocycles. The molecule has 5 aromatic rings. The van der Waals surface area contributed by atoms with Gasteiger partial charge in [-0.2, -0.15) is 0 Å². The molecule has 1 amide bonds. The van der Waals surface area contributed by atoms with Gasteiger partial charge in [0.25, 0.3) is 0 Å². The van der Waals surface area contributed by atoms with Crippen molar-refractivity contribution in [2.75, 3.05) is 25.5 Å². The SMILES string of the molecule is CN(CCCn1ccc2cc(CNC[C@@H](O)c3ccc(O)c(NC=O)c3)ccc21)C1CCC(OC(=O)C(O)(Cc2ccccc2)c2cccs2)CC1. The monoisotopic (exact) mass is 724 g/mol. The van der Waals surface area contributed by atoms with Gasteiger partial charge in [0.15, 0.2) is 0 Å². The average molecular weight is 725 g/mol. The molecule has 0 radical (unpaired) electrons. The predicted octanol–water partition coefficient (Wildman–Crippen LogP) is 6.11. The molecule has 1 aliphatic carbocycles. The molecule has 2 aromatic heterocycles. The van der Waals surface area contributed by atoms with Crippen molar-refractivity contribution < 1.29 is 29.6 Å². The van der Waals surface area contributed by atoms with E-state index >= 15 is 0 Å². The number of anilines is 1. The largest absolute Gasteiger partial charge is 0.506 e. The van der Waals surface area contributed by atoms with Crippen LogP contribution in [0.2, 0.25) is 0 Å². The number of nitrogens with one attached hydrogen (secondary N) is 2. The number of thiophene rings is 1. The topological polar surface area (TPSA) is 136 Å². The van der Waals surface area contributed by atoms with Crippen molar-refractivity contribution in [3.05, 3.63) is 118 Å². The summed E-state index contributed by atoms with van der Waals surface area (Å²) in [5, 5.41) is 40.9. The third-order valence-electron chi connectivity index (χ3n) is 10.1. The minimum atomic E-state index is -1.70. The molecule has 10 nitrogen and oxygen atoms in total. The van der Waals surface area contributed by atoms with E-state index in [0.29, 0.717) is 36.0 Å². The van der Waals surface area contributed by atoms with Crippen LogP contribution in [-0.2, 0) is 39.4 Å². The van der Waals surface area contributed by atoms with Crippen LogP contribution in [-0.4, -0.2) is 69.4 Å². The number of aliphatic hydroxyl groups is 2. The fourth-order valence-electron chi connectivity index (χ4n) is 7.16. The molecule has 52 heavy (non-hydrogen) atoms. The van der Waals surface area contributed by atoms with Crippen molar-refractivity contribution in [3.63, 3.8) is 0 Å². The van der Waals surface area contributed by atoms with Gasteiger partial charge in [-0.1, -0.05) is 48.5 Å². The molecule has 1 saturated carbocycles. The van der Waals surface area contributed by atoms with Crippen molar-refractivity contribution >= 4 is 40.3 Å². The van der Waals surface area contributed by atoms with E-state index in [2.05, 4.69) is 57.6 Å². The summed E-state index contributed by atoms with van der Waals surface area (Å²) in [6.45, 7) is 2.77. The Bertz CT molecular complexity index is 1910. The summed E-state index contributed by atoms with van der Waals surface area (Å²) in [7, 11) is 2.18. The van der Waals surface area contributed by atoms with E-state index in [1.54, 1.807) is 18.2 Å². The molecule has 5 N–H and O–H groups in total. The van der Waals surface area contributed by atoms with Gasteiger partial charge >= 0.3 is 5.97 Å². The van der Waals surface area contributed by atoms with Gasteiger partial charge in [0.2, 0.25) is 12.0 Å². The number of phenolic OH excluding ortho intramolecular Hbond substituents is 1. The van der Waals surface area contributed by atoms with Crippen LogP contribution in [0.3, 0.4) is 0 Å². The molecule has 0 spiro atoms. The molecule has 0 bridgehead atoms. The first-order valence-electron chi connectivity index (χ1n) is 17.9. The Labute approximate surface area is 308 Å². The van der Waals surface area contributed by atoms with Crippen molar-refractivity contribution in [2.45, 2.75) is 75.5 Å². The molecule has 1 fully saturated rings. The van der Waals surface area contributed by atoms with Crippen LogP contribution in [0.5, 0.6) is 5.75 Å². The Hall–Kier alpha value is -4.52. The van der Waals surface area contributed by atoms with E-state index in [1.165, 1.54) is 28.3 Å². The number of aromatic nitrogens is 1. The first-order chi connectivity index (χ1) is 25.2. The Morgan fingerprint density at radius 3 is 2.60 bits per heavy atom. The van der Waals surface area contributed by atoms with Crippen LogP contribution in [0.25, 0.3) is 10.9 Å². The number of rotatable bonds is 17. The number of fused-ring (bicyclic) bond motifs is 1. The van der Waals surface area contributed by atoms with Crippen LogP contribution < -0.4 is 10.6 Å². The maximum absolute atomic E-state index is 13.5. The van der Waals surface area contributed by atoms with Crippen molar-refractivity contribution in [3.8, 4) is 5.75 Å². The number of aromatic hydroxyl groups is 1. The van der Waals surface area contributed by atoms with Crippen LogP contribution in [0.4, 0.5) is 5.69 Å². The Kier molecular flexibility index (Phi) is 12.4. The van der Waals surface area contributed by atoms with Crippen LogP contribution in [0.15, 0.2) is 96.5 Å². The summed E-state index contributed by atoms with van der Waals surface area (Å²) < 4.78 is 8.28. The fraction of sp³-hybridized carbons (Fsp3) is 0.366. The van der Waals surface area contributed by atoms with Crippen LogP contribution in [0, 0.1) is 0 Å². The summed E-state index contributed by atoms with van der Waals surface area (Å²) in [6, 6.07) is 26.9. The standard InChI is InChI=1S/C41H48N4O6S/c1-44(33-12-14-34(15-13-33)51-40(49)41(50,39-9-5-22-52-39)25-29-7-3-2-4-8-29)19-6-20-45-21-18-31-23-30(10-16-36(31)45)26-42-27-38(48)32-11-17-37(47)35(24-32)43-28-46/h2-5,7-11,16-18,21-24,28,33-34,38,42,47-48,50H,6,12-15,19-20,25-27H2,1H3,(H,43,46)/t33?,34?,38-,41?/m1/s1. The molecule has 0 saturated heterocycles. The van der Waals surface area contributed by atoms with Crippen LogP contribution >= 0.6 is 11.3 Å². The molecule has 1 unspecified atom stereocenters. The van der Waals surface area contributed by atoms with E-state index in [0.717, 1.165) is 56.3 Å². The van der Waals surface area contributed by atoms with Gasteiger partial charge in [-0.05, 0) is 110 Å². The Morgan fingerprint density at radius 1 is 1.04 bits per heavy atom. The summed E-state index contributed by atoms with van der Waals surface area (Å²) in [6.07, 6.45) is 6.26. The highest BCUT2D eigenvalue weighted by Gasteiger charge is 2.42. The molecular formula is C41H48N4O6S. The zero-order valence-corrected chi connectivity index (χ0v) is 30.3. The predicted molar refractivity (Wildman–Crippen MR) is 204 cm³/mol. The van der Waals surface area contributed by atoms with Gasteiger partial charge in [-0.25, -0.2) is 4.79 Å². The number of amides is 1. The third kappa shape index (κ3) is 9.09. The number of nitrogens with zero attached hydrogens (tertiary/aromatic N) is 2. The summed E-state index contributed by atoms with van der Waals surface area (Å²) in [5.41, 5.74) is 2.34. The number of phenols is 1. The fourth-order valence-corrected chi connectivity index (χ4v) is 7.97. The van der Waals surface area contributed by atoms with Crippen molar-refractivity contribution in [1.82, 2.24) is 14.8 Å². The number of ether oxygens (including phenoxy) is 1. The quantitative estimate of drug-likeness (QED) is 0.0441. The lowest BCUT2D eigenvalue weighted by molar-refractivity contribution is -0.174. The van der Waals surface area contributed by atoms with E-state index in [9.17, 15) is 24.9 Å².